The topological polar surface area (TPSA) is 69.4 Å². The van der Waals surface area contributed by atoms with Gasteiger partial charge >= 0.3 is 0 Å². The summed E-state index contributed by atoms with van der Waals surface area (Å²) in [5.74, 6) is -0.203. The van der Waals surface area contributed by atoms with Gasteiger partial charge in [-0.15, -0.1) is 0 Å². The highest BCUT2D eigenvalue weighted by atomic mass is 32.2. The summed E-state index contributed by atoms with van der Waals surface area (Å²) in [6.45, 7) is 0. The summed E-state index contributed by atoms with van der Waals surface area (Å²) in [6, 6.07) is 4.04. The quantitative estimate of drug-likeness (QED) is 0.900. The largest absolute Gasteiger partial charge is 0.494 e. The number of ether oxygens (including phenoxy) is 1. The first-order valence-electron chi connectivity index (χ1n) is 5.72. The lowest BCUT2D eigenvalue weighted by Gasteiger charge is -2.18. The van der Waals surface area contributed by atoms with E-state index < -0.39 is 21.7 Å². The van der Waals surface area contributed by atoms with Crippen LogP contribution in [0.2, 0.25) is 0 Å². The molecule has 0 aliphatic carbocycles. The van der Waals surface area contributed by atoms with Crippen LogP contribution in [-0.4, -0.2) is 27.0 Å². The number of methoxy groups -OCH3 is 1. The normalized spacial score (nSPS) is 23.8. The maximum atomic E-state index is 13.6. The summed E-state index contributed by atoms with van der Waals surface area (Å²) in [6.07, 6.45) is 0.539. The summed E-state index contributed by atoms with van der Waals surface area (Å²) in [4.78, 5) is 0. The van der Waals surface area contributed by atoms with Crippen molar-refractivity contribution in [3.63, 3.8) is 0 Å². The van der Waals surface area contributed by atoms with Gasteiger partial charge in [-0.2, -0.15) is 0 Å². The van der Waals surface area contributed by atoms with Crippen molar-refractivity contribution in [2.45, 2.75) is 12.5 Å². The van der Waals surface area contributed by atoms with Crippen molar-refractivity contribution in [3.05, 3.63) is 29.6 Å². The lowest BCUT2D eigenvalue weighted by molar-refractivity contribution is 0.385. The van der Waals surface area contributed by atoms with Crippen molar-refractivity contribution in [1.29, 1.82) is 0 Å². The number of hydrogen-bond donors (Lipinski definition) is 1. The van der Waals surface area contributed by atoms with E-state index in [-0.39, 0.29) is 23.2 Å². The van der Waals surface area contributed by atoms with E-state index in [0.717, 1.165) is 0 Å². The van der Waals surface area contributed by atoms with Gasteiger partial charge in [0.1, 0.15) is 0 Å². The molecule has 0 bridgehead atoms. The molecule has 1 aromatic carbocycles. The van der Waals surface area contributed by atoms with Crippen LogP contribution in [0.15, 0.2) is 18.2 Å². The van der Waals surface area contributed by atoms with E-state index in [9.17, 15) is 12.8 Å². The molecule has 2 unspecified atom stereocenters. The molecule has 6 heteroatoms. The van der Waals surface area contributed by atoms with Crippen LogP contribution in [0.25, 0.3) is 0 Å². The Balaban J connectivity index is 2.19. The molecule has 0 spiro atoms. The van der Waals surface area contributed by atoms with Gasteiger partial charge in [-0.1, -0.05) is 6.07 Å². The Morgan fingerprint density at radius 3 is 2.72 bits per heavy atom. The minimum atomic E-state index is -2.97. The molecule has 0 amide bonds. The zero-order chi connectivity index (χ0) is 13.3. The number of halogens is 1. The van der Waals surface area contributed by atoms with Gasteiger partial charge in [-0.3, -0.25) is 0 Å². The maximum absolute atomic E-state index is 13.6. The number of hydrogen-bond acceptors (Lipinski definition) is 4. The maximum Gasteiger partial charge on any atom is 0.165 e. The average molecular weight is 273 g/mol. The Morgan fingerprint density at radius 2 is 2.22 bits per heavy atom. The van der Waals surface area contributed by atoms with E-state index in [0.29, 0.717) is 12.0 Å². The molecule has 0 saturated carbocycles. The van der Waals surface area contributed by atoms with Gasteiger partial charge in [0, 0.05) is 6.04 Å². The number of benzene rings is 1. The van der Waals surface area contributed by atoms with Gasteiger partial charge in [0.15, 0.2) is 21.4 Å². The predicted octanol–water partition coefficient (Wildman–Crippen LogP) is 1.27. The van der Waals surface area contributed by atoms with Crippen molar-refractivity contribution in [2.24, 2.45) is 11.7 Å². The van der Waals surface area contributed by atoms with Gasteiger partial charge < -0.3 is 10.5 Å². The lowest BCUT2D eigenvalue weighted by atomic mass is 9.93. The van der Waals surface area contributed by atoms with Crippen LogP contribution in [0.3, 0.4) is 0 Å². The van der Waals surface area contributed by atoms with E-state index in [1.54, 1.807) is 6.07 Å². The second kappa shape index (κ2) is 4.85. The van der Waals surface area contributed by atoms with Gasteiger partial charge in [-0.05, 0) is 30.0 Å². The van der Waals surface area contributed by atoms with Gasteiger partial charge in [0.25, 0.3) is 0 Å². The number of rotatable bonds is 3. The third kappa shape index (κ3) is 2.64. The van der Waals surface area contributed by atoms with Crippen LogP contribution in [0.1, 0.15) is 18.0 Å². The number of nitrogens with two attached hydrogens (primary N) is 1. The SMILES string of the molecule is COc1ccc(C(N)C2CCS(=O)(=O)C2)cc1F. The Kier molecular flexibility index (Phi) is 3.59. The van der Waals surface area contributed by atoms with Gasteiger partial charge in [0.2, 0.25) is 0 Å². The molecule has 0 radical (unpaired) electrons. The molecule has 18 heavy (non-hydrogen) atoms. The minimum Gasteiger partial charge on any atom is -0.494 e. The van der Waals surface area contributed by atoms with Crippen LogP contribution in [0, 0.1) is 11.7 Å². The summed E-state index contributed by atoms with van der Waals surface area (Å²) < 4.78 is 41.2. The van der Waals surface area contributed by atoms with Crippen LogP contribution in [0.4, 0.5) is 4.39 Å². The Hall–Kier alpha value is -1.14. The fraction of sp³-hybridized carbons (Fsp3) is 0.500. The first-order valence-corrected chi connectivity index (χ1v) is 7.54. The van der Waals surface area contributed by atoms with Crippen molar-refractivity contribution in [2.75, 3.05) is 18.6 Å². The summed E-state index contributed by atoms with van der Waals surface area (Å²) in [5, 5.41) is 0. The molecule has 2 atom stereocenters. The van der Waals surface area contributed by atoms with E-state index in [1.807, 2.05) is 0 Å². The first-order chi connectivity index (χ1) is 8.43. The van der Waals surface area contributed by atoms with Crippen molar-refractivity contribution in [3.8, 4) is 5.75 Å². The molecule has 1 fully saturated rings. The summed E-state index contributed by atoms with van der Waals surface area (Å²) >= 11 is 0. The summed E-state index contributed by atoms with van der Waals surface area (Å²) in [5.41, 5.74) is 6.62. The van der Waals surface area contributed by atoms with E-state index in [4.69, 9.17) is 10.5 Å². The minimum absolute atomic E-state index is 0.0851. The fourth-order valence-electron chi connectivity index (χ4n) is 2.27. The van der Waals surface area contributed by atoms with Crippen molar-refractivity contribution < 1.29 is 17.5 Å². The van der Waals surface area contributed by atoms with E-state index in [2.05, 4.69) is 0 Å². The second-order valence-corrected chi connectivity index (χ2v) is 6.81. The van der Waals surface area contributed by atoms with Crippen LogP contribution in [0.5, 0.6) is 5.75 Å². The number of sulfone groups is 1. The zero-order valence-electron chi connectivity index (χ0n) is 10.1. The molecule has 1 heterocycles. The molecule has 0 aromatic heterocycles. The highest BCUT2D eigenvalue weighted by Gasteiger charge is 2.32. The van der Waals surface area contributed by atoms with Crippen molar-refractivity contribution >= 4 is 9.84 Å². The molecule has 1 aliphatic heterocycles. The molecule has 1 aromatic rings. The standard InChI is InChI=1S/C12H16FNO3S/c1-17-11-3-2-8(6-10(11)13)12(14)9-4-5-18(15,16)7-9/h2-3,6,9,12H,4-5,7,14H2,1H3. The monoisotopic (exact) mass is 273 g/mol. The van der Waals surface area contributed by atoms with Crippen LogP contribution < -0.4 is 10.5 Å². The third-order valence-electron chi connectivity index (χ3n) is 3.34. The molecule has 2 rings (SSSR count). The fourth-order valence-corrected chi connectivity index (χ4v) is 4.12. The second-order valence-electron chi connectivity index (χ2n) is 4.58. The molecule has 100 valence electrons. The highest BCUT2D eigenvalue weighted by Crippen LogP contribution is 2.31. The zero-order valence-corrected chi connectivity index (χ0v) is 10.9. The lowest BCUT2D eigenvalue weighted by Crippen LogP contribution is -2.22. The molecule has 4 nitrogen and oxygen atoms in total. The molecular weight excluding hydrogens is 257 g/mol. The van der Waals surface area contributed by atoms with E-state index >= 15 is 0 Å². The molecule has 2 N–H and O–H groups in total. The molecule has 1 aliphatic rings. The molecule has 1 saturated heterocycles. The molecular formula is C12H16FNO3S. The van der Waals surface area contributed by atoms with Crippen LogP contribution in [-0.2, 0) is 9.84 Å². The van der Waals surface area contributed by atoms with Crippen molar-refractivity contribution in [1.82, 2.24) is 0 Å². The third-order valence-corrected chi connectivity index (χ3v) is 5.13. The predicted molar refractivity (Wildman–Crippen MR) is 66.6 cm³/mol. The Bertz CT molecular complexity index is 544. The Labute approximate surface area is 106 Å². The van der Waals surface area contributed by atoms with Gasteiger partial charge in [-0.25, -0.2) is 12.8 Å². The Morgan fingerprint density at radius 1 is 1.50 bits per heavy atom. The van der Waals surface area contributed by atoms with Gasteiger partial charge in [0.05, 0.1) is 18.6 Å². The van der Waals surface area contributed by atoms with Crippen LogP contribution >= 0.6 is 0 Å². The average Bonchev–Trinajstić information content (AvgIpc) is 2.68. The smallest absolute Gasteiger partial charge is 0.165 e. The highest BCUT2D eigenvalue weighted by molar-refractivity contribution is 7.91. The first kappa shape index (κ1) is 13.3. The van der Waals surface area contributed by atoms with E-state index in [1.165, 1.54) is 19.2 Å². The summed E-state index contributed by atoms with van der Waals surface area (Å²) in [7, 11) is -1.58.